The highest BCUT2D eigenvalue weighted by Crippen LogP contribution is 2.29. The van der Waals surface area contributed by atoms with Crippen molar-refractivity contribution in [2.75, 3.05) is 13.2 Å². The zero-order chi connectivity index (χ0) is 12.9. The van der Waals surface area contributed by atoms with Gasteiger partial charge >= 0.3 is 0 Å². The van der Waals surface area contributed by atoms with Gasteiger partial charge in [0.2, 0.25) is 0 Å². The summed E-state index contributed by atoms with van der Waals surface area (Å²) >= 11 is 0. The zero-order valence-electron chi connectivity index (χ0n) is 11.0. The topological polar surface area (TPSA) is 21.3 Å². The van der Waals surface area contributed by atoms with Crippen LogP contribution in [-0.4, -0.2) is 19.2 Å². The molecule has 1 aliphatic rings. The predicted molar refractivity (Wildman–Crippen MR) is 78.4 cm³/mol. The molecule has 0 aliphatic heterocycles. The molecule has 3 rings (SSSR count). The van der Waals surface area contributed by atoms with Crippen LogP contribution in [-0.2, 0) is 0 Å². The Morgan fingerprint density at radius 1 is 0.947 bits per heavy atom. The molecule has 0 radical (unpaired) electrons. The van der Waals surface area contributed by atoms with E-state index in [2.05, 4.69) is 41.7 Å². The Bertz CT molecular complexity index is 520. The minimum Gasteiger partial charge on any atom is -0.492 e. The largest absolute Gasteiger partial charge is 0.492 e. The van der Waals surface area contributed by atoms with Crippen molar-refractivity contribution >= 4 is 0 Å². The molecule has 0 spiro atoms. The lowest BCUT2D eigenvalue weighted by Crippen LogP contribution is -2.22. The summed E-state index contributed by atoms with van der Waals surface area (Å²) in [6.07, 6.45) is 2.64. The second kappa shape index (κ2) is 5.89. The molecule has 98 valence electrons. The quantitative estimate of drug-likeness (QED) is 0.796. The van der Waals surface area contributed by atoms with Gasteiger partial charge in [0.05, 0.1) is 0 Å². The van der Waals surface area contributed by atoms with Gasteiger partial charge in [-0.1, -0.05) is 48.5 Å². The summed E-state index contributed by atoms with van der Waals surface area (Å²) in [4.78, 5) is 0. The number of ether oxygens (including phenoxy) is 1. The molecule has 0 saturated heterocycles. The van der Waals surface area contributed by atoms with Crippen LogP contribution >= 0.6 is 0 Å². The number of nitrogens with one attached hydrogen (secondary N) is 1. The van der Waals surface area contributed by atoms with E-state index in [4.69, 9.17) is 4.74 Å². The summed E-state index contributed by atoms with van der Waals surface area (Å²) in [5.41, 5.74) is 2.36. The molecule has 0 amide bonds. The van der Waals surface area contributed by atoms with E-state index in [1.807, 2.05) is 18.2 Å². The van der Waals surface area contributed by atoms with E-state index in [1.165, 1.54) is 18.4 Å². The van der Waals surface area contributed by atoms with Crippen LogP contribution in [0.3, 0.4) is 0 Å². The fourth-order valence-electron chi connectivity index (χ4n) is 2.16. The third-order valence-electron chi connectivity index (χ3n) is 3.34. The first-order chi connectivity index (χ1) is 9.43. The van der Waals surface area contributed by atoms with Crippen molar-refractivity contribution in [1.29, 1.82) is 0 Å². The third kappa shape index (κ3) is 3.36. The summed E-state index contributed by atoms with van der Waals surface area (Å²) in [5.74, 6) is 0.964. The number of hydrogen-bond acceptors (Lipinski definition) is 2. The van der Waals surface area contributed by atoms with Crippen LogP contribution in [0.4, 0.5) is 0 Å². The lowest BCUT2D eigenvalue weighted by atomic mass is 10.1. The Kier molecular flexibility index (Phi) is 3.80. The molecular formula is C17H19NO. The molecule has 1 aliphatic carbocycles. The first-order valence-corrected chi connectivity index (χ1v) is 6.94. The maximum atomic E-state index is 5.91. The summed E-state index contributed by atoms with van der Waals surface area (Å²) in [6.45, 7) is 1.65. The zero-order valence-corrected chi connectivity index (χ0v) is 11.0. The van der Waals surface area contributed by atoms with Crippen LogP contribution in [0.5, 0.6) is 5.75 Å². The van der Waals surface area contributed by atoms with E-state index in [9.17, 15) is 0 Å². The van der Waals surface area contributed by atoms with Crippen LogP contribution in [0.15, 0.2) is 54.6 Å². The second-order valence-electron chi connectivity index (χ2n) is 4.94. The molecule has 2 aromatic rings. The van der Waals surface area contributed by atoms with Crippen molar-refractivity contribution in [2.24, 2.45) is 0 Å². The van der Waals surface area contributed by atoms with Gasteiger partial charge in [0.15, 0.2) is 0 Å². The highest BCUT2D eigenvalue weighted by molar-refractivity contribution is 5.70. The average Bonchev–Trinajstić information content (AvgIpc) is 3.29. The van der Waals surface area contributed by atoms with Gasteiger partial charge in [-0.2, -0.15) is 0 Å². The molecule has 1 fully saturated rings. The minimum absolute atomic E-state index is 0.723. The van der Waals surface area contributed by atoms with Gasteiger partial charge in [-0.3, -0.25) is 0 Å². The Morgan fingerprint density at radius 3 is 2.47 bits per heavy atom. The first kappa shape index (κ1) is 12.2. The van der Waals surface area contributed by atoms with Gasteiger partial charge in [-0.15, -0.1) is 0 Å². The fourth-order valence-corrected chi connectivity index (χ4v) is 2.16. The van der Waals surface area contributed by atoms with Crippen molar-refractivity contribution in [1.82, 2.24) is 5.32 Å². The van der Waals surface area contributed by atoms with E-state index in [1.54, 1.807) is 0 Å². The van der Waals surface area contributed by atoms with Crippen molar-refractivity contribution in [3.8, 4) is 16.9 Å². The minimum atomic E-state index is 0.723. The molecule has 0 aromatic heterocycles. The van der Waals surface area contributed by atoms with E-state index >= 15 is 0 Å². The molecule has 2 heteroatoms. The normalized spacial score (nSPS) is 14.3. The third-order valence-corrected chi connectivity index (χ3v) is 3.34. The van der Waals surface area contributed by atoms with Crippen molar-refractivity contribution < 1.29 is 4.74 Å². The molecule has 2 aromatic carbocycles. The van der Waals surface area contributed by atoms with Crippen molar-refractivity contribution in [3.63, 3.8) is 0 Å². The number of rotatable bonds is 6. The summed E-state index contributed by atoms with van der Waals surface area (Å²) in [7, 11) is 0. The van der Waals surface area contributed by atoms with E-state index in [0.717, 1.165) is 30.5 Å². The Balaban J connectivity index is 1.66. The Labute approximate surface area is 114 Å². The molecule has 0 atom stereocenters. The van der Waals surface area contributed by atoms with Gasteiger partial charge in [0.1, 0.15) is 12.4 Å². The smallest absolute Gasteiger partial charge is 0.127 e. The van der Waals surface area contributed by atoms with Crippen molar-refractivity contribution in [3.05, 3.63) is 54.6 Å². The lowest BCUT2D eigenvalue weighted by Gasteiger charge is -2.12. The summed E-state index contributed by atoms with van der Waals surface area (Å²) in [6, 6.07) is 19.4. The molecule has 1 N–H and O–H groups in total. The highest BCUT2D eigenvalue weighted by atomic mass is 16.5. The van der Waals surface area contributed by atoms with Crippen molar-refractivity contribution in [2.45, 2.75) is 18.9 Å². The lowest BCUT2D eigenvalue weighted by molar-refractivity contribution is 0.314. The predicted octanol–water partition coefficient (Wildman–Crippen LogP) is 3.48. The fraction of sp³-hybridized carbons (Fsp3) is 0.294. The van der Waals surface area contributed by atoms with Crippen LogP contribution < -0.4 is 10.1 Å². The van der Waals surface area contributed by atoms with E-state index in [-0.39, 0.29) is 0 Å². The molecular weight excluding hydrogens is 234 g/mol. The van der Waals surface area contributed by atoms with Crippen LogP contribution in [0, 0.1) is 0 Å². The summed E-state index contributed by atoms with van der Waals surface area (Å²) in [5, 5.41) is 3.46. The van der Waals surface area contributed by atoms with Crippen LogP contribution in [0.25, 0.3) is 11.1 Å². The van der Waals surface area contributed by atoms with E-state index < -0.39 is 0 Å². The van der Waals surface area contributed by atoms with E-state index in [0.29, 0.717) is 0 Å². The van der Waals surface area contributed by atoms with Gasteiger partial charge in [0, 0.05) is 18.2 Å². The molecule has 2 nitrogen and oxygen atoms in total. The van der Waals surface area contributed by atoms with Crippen LogP contribution in [0.2, 0.25) is 0 Å². The number of hydrogen-bond donors (Lipinski definition) is 1. The van der Waals surface area contributed by atoms with Gasteiger partial charge < -0.3 is 10.1 Å². The molecule has 1 saturated carbocycles. The maximum Gasteiger partial charge on any atom is 0.127 e. The monoisotopic (exact) mass is 253 g/mol. The highest BCUT2D eigenvalue weighted by Gasteiger charge is 2.19. The molecule has 0 bridgehead atoms. The maximum absolute atomic E-state index is 5.91. The standard InChI is InChI=1S/C17H19NO/c1-2-6-14(7-3-1)16-8-4-5-9-17(16)19-13-12-18-15-10-11-15/h1-9,15,18H,10-13H2. The second-order valence-corrected chi connectivity index (χ2v) is 4.94. The van der Waals surface area contributed by atoms with Gasteiger partial charge in [-0.25, -0.2) is 0 Å². The van der Waals surface area contributed by atoms with Gasteiger partial charge in [-0.05, 0) is 24.5 Å². The molecule has 0 heterocycles. The first-order valence-electron chi connectivity index (χ1n) is 6.94. The SMILES string of the molecule is c1ccc(-c2ccccc2OCCNC2CC2)cc1. The van der Waals surface area contributed by atoms with Gasteiger partial charge in [0.25, 0.3) is 0 Å². The summed E-state index contributed by atoms with van der Waals surface area (Å²) < 4.78 is 5.91. The van der Waals surface area contributed by atoms with Crippen LogP contribution in [0.1, 0.15) is 12.8 Å². The Morgan fingerprint density at radius 2 is 1.68 bits per heavy atom. The number of para-hydroxylation sites is 1. The average molecular weight is 253 g/mol. The number of benzene rings is 2. The molecule has 0 unspecified atom stereocenters. The Hall–Kier alpha value is -1.80. The molecule has 19 heavy (non-hydrogen) atoms.